The molecule has 0 radical (unpaired) electrons. The summed E-state index contributed by atoms with van der Waals surface area (Å²) in [7, 11) is 1.67. The van der Waals surface area contributed by atoms with Gasteiger partial charge in [-0.3, -0.25) is 4.79 Å². The molecule has 21 heavy (non-hydrogen) atoms. The lowest BCUT2D eigenvalue weighted by atomic mass is 10.2. The highest BCUT2D eigenvalue weighted by atomic mass is 79.9. The third-order valence-corrected chi connectivity index (χ3v) is 3.62. The predicted octanol–water partition coefficient (Wildman–Crippen LogP) is 1.84. The highest BCUT2D eigenvalue weighted by Crippen LogP contribution is 2.23. The van der Waals surface area contributed by atoms with Gasteiger partial charge in [-0.1, -0.05) is 15.9 Å². The third kappa shape index (κ3) is 6.03. The summed E-state index contributed by atoms with van der Waals surface area (Å²) in [6, 6.07) is 6.14. The van der Waals surface area contributed by atoms with Gasteiger partial charge in [0.2, 0.25) is 0 Å². The van der Waals surface area contributed by atoms with Gasteiger partial charge in [0.05, 0.1) is 6.61 Å². The Morgan fingerprint density at radius 1 is 1.43 bits per heavy atom. The van der Waals surface area contributed by atoms with Gasteiger partial charge < -0.3 is 20.1 Å². The number of benzene rings is 1. The molecule has 1 fully saturated rings. The second kappa shape index (κ2) is 8.36. The van der Waals surface area contributed by atoms with Crippen molar-refractivity contribution in [3.8, 4) is 5.75 Å². The van der Waals surface area contributed by atoms with Crippen molar-refractivity contribution in [2.75, 3.05) is 26.9 Å². The number of halogens is 1. The fraction of sp³-hybridized carbons (Fsp3) is 0.533. The van der Waals surface area contributed by atoms with Crippen LogP contribution in [0.15, 0.2) is 22.7 Å². The number of nitrogens with one attached hydrogen (secondary N) is 2. The number of methoxy groups -OCH3 is 1. The topological polar surface area (TPSA) is 59.6 Å². The number of hydrogen-bond acceptors (Lipinski definition) is 4. The largest absolute Gasteiger partial charge is 0.483 e. The summed E-state index contributed by atoms with van der Waals surface area (Å²) in [5, 5.41) is 6.18. The molecular weight excluding hydrogens is 336 g/mol. The first-order valence-corrected chi connectivity index (χ1v) is 7.88. The van der Waals surface area contributed by atoms with E-state index in [1.165, 1.54) is 0 Å². The van der Waals surface area contributed by atoms with Gasteiger partial charge in [0, 0.05) is 36.3 Å². The van der Waals surface area contributed by atoms with E-state index in [2.05, 4.69) is 26.6 Å². The minimum Gasteiger partial charge on any atom is -0.483 e. The fourth-order valence-corrected chi connectivity index (χ4v) is 2.27. The molecule has 2 N–H and O–H groups in total. The maximum absolute atomic E-state index is 11.7. The Balaban J connectivity index is 1.85. The van der Waals surface area contributed by atoms with Crippen LogP contribution in [0.5, 0.6) is 5.75 Å². The van der Waals surface area contributed by atoms with Crippen LogP contribution < -0.4 is 15.4 Å². The van der Waals surface area contributed by atoms with Gasteiger partial charge in [-0.15, -0.1) is 0 Å². The van der Waals surface area contributed by atoms with Crippen molar-refractivity contribution in [3.05, 3.63) is 28.2 Å². The molecule has 1 amide bonds. The monoisotopic (exact) mass is 356 g/mol. The van der Waals surface area contributed by atoms with Crippen LogP contribution in [0, 0.1) is 0 Å². The van der Waals surface area contributed by atoms with E-state index in [0.717, 1.165) is 35.2 Å². The number of ether oxygens (including phenoxy) is 2. The van der Waals surface area contributed by atoms with Gasteiger partial charge in [-0.25, -0.2) is 0 Å². The first-order chi connectivity index (χ1) is 10.2. The fourth-order valence-electron chi connectivity index (χ4n) is 1.86. The summed E-state index contributed by atoms with van der Waals surface area (Å²) in [5.41, 5.74) is 1.01. The van der Waals surface area contributed by atoms with Crippen LogP contribution in [0.2, 0.25) is 0 Å². The van der Waals surface area contributed by atoms with E-state index in [0.29, 0.717) is 19.2 Å². The van der Waals surface area contributed by atoms with Crippen molar-refractivity contribution in [2.24, 2.45) is 0 Å². The molecule has 2 rings (SSSR count). The second-order valence-electron chi connectivity index (χ2n) is 5.05. The number of hydrogen-bond donors (Lipinski definition) is 2. The maximum atomic E-state index is 11.7. The van der Waals surface area contributed by atoms with Crippen LogP contribution in [0.1, 0.15) is 18.4 Å². The average molecular weight is 357 g/mol. The van der Waals surface area contributed by atoms with Gasteiger partial charge >= 0.3 is 0 Å². The number of carbonyl (C=O) groups is 1. The van der Waals surface area contributed by atoms with E-state index in [-0.39, 0.29) is 12.5 Å². The molecule has 1 aromatic rings. The van der Waals surface area contributed by atoms with Crippen LogP contribution >= 0.6 is 15.9 Å². The van der Waals surface area contributed by atoms with E-state index < -0.39 is 0 Å². The average Bonchev–Trinajstić information content (AvgIpc) is 3.26. The molecule has 5 nitrogen and oxygen atoms in total. The Labute approximate surface area is 133 Å². The lowest BCUT2D eigenvalue weighted by Crippen LogP contribution is -2.30. The smallest absolute Gasteiger partial charge is 0.258 e. The number of carbonyl (C=O) groups excluding carboxylic acids is 1. The molecule has 1 saturated carbocycles. The molecule has 1 aliphatic rings. The van der Waals surface area contributed by atoms with Crippen molar-refractivity contribution in [3.63, 3.8) is 0 Å². The van der Waals surface area contributed by atoms with Crippen LogP contribution in [0.4, 0.5) is 0 Å². The normalized spacial score (nSPS) is 14.0. The Hall–Kier alpha value is -1.11. The molecule has 1 aliphatic carbocycles. The quantitative estimate of drug-likeness (QED) is 0.663. The molecule has 116 valence electrons. The van der Waals surface area contributed by atoms with E-state index >= 15 is 0 Å². The van der Waals surface area contributed by atoms with Gasteiger partial charge in [-0.2, -0.15) is 0 Å². The van der Waals surface area contributed by atoms with Gasteiger partial charge in [-0.05, 0) is 31.0 Å². The summed E-state index contributed by atoms with van der Waals surface area (Å²) in [4.78, 5) is 11.7. The van der Waals surface area contributed by atoms with Crippen molar-refractivity contribution in [1.82, 2.24) is 10.6 Å². The Morgan fingerprint density at radius 2 is 2.24 bits per heavy atom. The van der Waals surface area contributed by atoms with Crippen molar-refractivity contribution in [1.29, 1.82) is 0 Å². The first kappa shape index (κ1) is 16.3. The second-order valence-corrected chi connectivity index (χ2v) is 5.97. The molecule has 0 spiro atoms. The van der Waals surface area contributed by atoms with Crippen LogP contribution in [-0.4, -0.2) is 38.8 Å². The minimum absolute atomic E-state index is 0.0567. The highest BCUT2D eigenvalue weighted by Gasteiger charge is 2.23. The van der Waals surface area contributed by atoms with E-state index in [9.17, 15) is 4.79 Å². The Kier molecular flexibility index (Phi) is 6.48. The zero-order chi connectivity index (χ0) is 15.1. The van der Waals surface area contributed by atoms with E-state index in [4.69, 9.17) is 9.47 Å². The van der Waals surface area contributed by atoms with Crippen molar-refractivity contribution >= 4 is 21.8 Å². The molecule has 0 unspecified atom stereocenters. The summed E-state index contributed by atoms with van der Waals surface area (Å²) in [6.07, 6.45) is 2.16. The molecule has 0 aromatic heterocycles. The SMILES string of the molecule is COCCNCc1cc(Br)ccc1OCC(=O)NC1CC1. The van der Waals surface area contributed by atoms with Crippen LogP contribution in [0.25, 0.3) is 0 Å². The molecule has 0 bridgehead atoms. The number of rotatable bonds is 9. The highest BCUT2D eigenvalue weighted by molar-refractivity contribution is 9.10. The lowest BCUT2D eigenvalue weighted by molar-refractivity contribution is -0.123. The molecule has 0 atom stereocenters. The first-order valence-electron chi connectivity index (χ1n) is 7.09. The summed E-state index contributed by atoms with van der Waals surface area (Å²) >= 11 is 3.45. The standard InChI is InChI=1S/C15H21BrN2O3/c1-20-7-6-17-9-11-8-12(16)2-5-14(11)21-10-15(19)18-13-3-4-13/h2,5,8,13,17H,3-4,6-7,9-10H2,1H3,(H,18,19). The summed E-state index contributed by atoms with van der Waals surface area (Å²) < 4.78 is 11.6. The molecule has 0 saturated heterocycles. The van der Waals surface area contributed by atoms with E-state index in [1.807, 2.05) is 18.2 Å². The van der Waals surface area contributed by atoms with Crippen molar-refractivity contribution < 1.29 is 14.3 Å². The zero-order valence-electron chi connectivity index (χ0n) is 12.2. The van der Waals surface area contributed by atoms with Crippen LogP contribution in [0.3, 0.4) is 0 Å². The number of amides is 1. The molecule has 6 heteroatoms. The van der Waals surface area contributed by atoms with Gasteiger partial charge in [0.25, 0.3) is 5.91 Å². The summed E-state index contributed by atoms with van der Waals surface area (Å²) in [5.74, 6) is 0.674. The van der Waals surface area contributed by atoms with Gasteiger partial charge in [0.1, 0.15) is 5.75 Å². The lowest BCUT2D eigenvalue weighted by Gasteiger charge is -2.13. The minimum atomic E-state index is -0.0567. The summed E-state index contributed by atoms with van der Waals surface area (Å²) in [6.45, 7) is 2.16. The molecule has 0 heterocycles. The van der Waals surface area contributed by atoms with Crippen molar-refractivity contribution in [2.45, 2.75) is 25.4 Å². The molecule has 0 aliphatic heterocycles. The Morgan fingerprint density at radius 3 is 2.95 bits per heavy atom. The van der Waals surface area contributed by atoms with Gasteiger partial charge in [0.15, 0.2) is 6.61 Å². The molecular formula is C15H21BrN2O3. The third-order valence-electron chi connectivity index (χ3n) is 3.12. The van der Waals surface area contributed by atoms with E-state index in [1.54, 1.807) is 7.11 Å². The predicted molar refractivity (Wildman–Crippen MR) is 84.4 cm³/mol. The Bertz CT molecular complexity index is 478. The molecule has 1 aromatic carbocycles. The maximum Gasteiger partial charge on any atom is 0.258 e. The zero-order valence-corrected chi connectivity index (χ0v) is 13.7. The van der Waals surface area contributed by atoms with Crippen LogP contribution in [-0.2, 0) is 16.1 Å².